The lowest BCUT2D eigenvalue weighted by atomic mass is 9.99. The van der Waals surface area contributed by atoms with Gasteiger partial charge in [0.2, 0.25) is 53.2 Å². The summed E-state index contributed by atoms with van der Waals surface area (Å²) in [6, 6.07) is -0.458. The minimum Gasteiger partial charge on any atom is -0.388 e. The highest BCUT2D eigenvalue weighted by Crippen LogP contribution is 2.25. The normalized spacial score (nSPS) is 29.7. The fourth-order valence-corrected chi connectivity index (χ4v) is 9.70. The fourth-order valence-electron chi connectivity index (χ4n) is 9.70. The molecule has 76 heavy (non-hydrogen) atoms. The maximum absolute atomic E-state index is 14.8. The quantitative estimate of drug-likeness (QED) is 0.101. The monoisotopic (exact) mass is 1070 g/mol. The van der Waals surface area contributed by atoms with E-state index >= 15 is 0 Å². The molecule has 2 bridgehead atoms. The average molecular weight is 1070 g/mol. The first-order valence-corrected chi connectivity index (χ1v) is 27.1. The van der Waals surface area contributed by atoms with Crippen LogP contribution in [-0.4, -0.2) is 167 Å². The number of hydrogen-bond donors (Lipinski definition) is 12. The van der Waals surface area contributed by atoms with Crippen LogP contribution in [0, 0.1) is 23.7 Å². The van der Waals surface area contributed by atoms with E-state index < -0.39 is 144 Å². The summed E-state index contributed by atoms with van der Waals surface area (Å²) >= 11 is 0. The summed E-state index contributed by atoms with van der Waals surface area (Å²) in [4.78, 5) is 129. The highest BCUT2D eigenvalue weighted by atomic mass is 16.5. The number of nitrogens with two attached hydrogens (primary N) is 2. The molecule has 1 aromatic rings. The minimum atomic E-state index is -1.57. The summed E-state index contributed by atoms with van der Waals surface area (Å²) in [5, 5.41) is 44.1. The molecule has 1 aromatic carbocycles. The second-order valence-electron chi connectivity index (χ2n) is 22.0. The number of aliphatic hydroxyl groups is 2. The summed E-state index contributed by atoms with van der Waals surface area (Å²) in [5.74, 6) is -7.37. The van der Waals surface area contributed by atoms with E-state index in [0.717, 1.165) is 0 Å². The molecule has 0 spiro atoms. The van der Waals surface area contributed by atoms with Crippen LogP contribution in [0.5, 0.6) is 0 Å². The Morgan fingerprint density at radius 3 is 1.57 bits per heavy atom. The number of nitrogens with one attached hydrogen (secondary N) is 8. The maximum atomic E-state index is 14.8. The van der Waals surface area contributed by atoms with E-state index in [1.807, 2.05) is 27.7 Å². The van der Waals surface area contributed by atoms with Gasteiger partial charge in [-0.3, -0.25) is 43.2 Å². The summed E-state index contributed by atoms with van der Waals surface area (Å²) in [6.45, 7) is 14.3. The standard InChI is InChI=1S/C53H87N11O12/c1-28(2)23-35-46(68)56-27-40-45(67)44(66)39(76-40)26-41(65)62-42(30(5)6)51(73)57-34(18-13-21-55)48(70)60-36(24-29(3)4)49(71)61-37(25-32-15-10-9-11-16-32)53(75)64-22-14-19-38(64)50(72)63-43(31(7)8)52(74)58-33(17-12-20-54)47(69)59-35/h9-11,15-16,28-31,33-40,42-45,66-67H,12-14,17-27,54-55H2,1-8H3,(H,56,68)(H,57,73)(H,58,74)(H,59,69)(H,60,70)(H,61,71)(H,62,65)(H,63,72)/t33-,34-,35-,36-,37-,38-,39-,40+,42-,43-,44-,45+/m0/s1. The van der Waals surface area contributed by atoms with Crippen LogP contribution in [0.25, 0.3) is 0 Å². The Hall–Kier alpha value is -5.75. The van der Waals surface area contributed by atoms with Gasteiger partial charge in [-0.15, -0.1) is 0 Å². The predicted octanol–water partition coefficient (Wildman–Crippen LogP) is -1.50. The van der Waals surface area contributed by atoms with Crippen LogP contribution >= 0.6 is 0 Å². The second-order valence-corrected chi connectivity index (χ2v) is 22.0. The Bertz CT molecular complexity index is 2130. The van der Waals surface area contributed by atoms with Crippen molar-refractivity contribution in [2.24, 2.45) is 35.1 Å². The highest BCUT2D eigenvalue weighted by molar-refractivity contribution is 5.98. The van der Waals surface area contributed by atoms with E-state index in [0.29, 0.717) is 24.8 Å². The Balaban J connectivity index is 1.76. The van der Waals surface area contributed by atoms with E-state index in [9.17, 15) is 53.4 Å². The number of aliphatic hydroxyl groups excluding tert-OH is 2. The zero-order valence-electron chi connectivity index (χ0n) is 45.6. The number of hydrogen-bond acceptors (Lipinski definition) is 14. The first kappa shape index (κ1) is 62.8. The molecule has 3 fully saturated rings. The first-order chi connectivity index (χ1) is 35.9. The van der Waals surface area contributed by atoms with E-state index in [4.69, 9.17) is 16.2 Å². The summed E-state index contributed by atoms with van der Waals surface area (Å²) < 4.78 is 5.89. The van der Waals surface area contributed by atoms with Crippen LogP contribution < -0.4 is 54.0 Å². The molecule has 426 valence electrons. The zero-order valence-corrected chi connectivity index (χ0v) is 45.6. The largest absolute Gasteiger partial charge is 0.388 e. The molecule has 0 saturated carbocycles. The van der Waals surface area contributed by atoms with Gasteiger partial charge in [0.15, 0.2) is 0 Å². The number of ether oxygens (including phenoxy) is 1. The van der Waals surface area contributed by atoms with Crippen molar-refractivity contribution >= 4 is 53.2 Å². The van der Waals surface area contributed by atoms with Crippen LogP contribution in [0.2, 0.25) is 0 Å². The summed E-state index contributed by atoms with van der Waals surface area (Å²) in [6.07, 6.45) is -4.35. The first-order valence-electron chi connectivity index (χ1n) is 27.1. The third-order valence-corrected chi connectivity index (χ3v) is 13.9. The molecule has 0 unspecified atom stereocenters. The summed E-state index contributed by atoms with van der Waals surface area (Å²) in [7, 11) is 0. The van der Waals surface area contributed by atoms with Gasteiger partial charge in [0.05, 0.1) is 12.5 Å². The van der Waals surface area contributed by atoms with Crippen molar-refractivity contribution in [3.05, 3.63) is 35.9 Å². The number of amides is 9. The Morgan fingerprint density at radius 1 is 0.579 bits per heavy atom. The van der Waals surface area contributed by atoms with E-state index in [-0.39, 0.29) is 76.5 Å². The third-order valence-electron chi connectivity index (χ3n) is 13.9. The number of carbonyl (C=O) groups is 9. The summed E-state index contributed by atoms with van der Waals surface area (Å²) in [5.41, 5.74) is 12.4. The Labute approximate surface area is 447 Å². The van der Waals surface area contributed by atoms with Gasteiger partial charge in [-0.05, 0) is 93.7 Å². The molecule has 12 atom stereocenters. The van der Waals surface area contributed by atoms with Gasteiger partial charge in [0.1, 0.15) is 66.6 Å². The van der Waals surface area contributed by atoms with Crippen molar-refractivity contribution in [2.75, 3.05) is 26.2 Å². The molecule has 0 aliphatic carbocycles. The molecule has 3 aliphatic rings. The molecule has 3 heterocycles. The molecule has 0 aromatic heterocycles. The Kier molecular flexibility index (Phi) is 25.0. The molecule has 14 N–H and O–H groups in total. The van der Waals surface area contributed by atoms with Crippen molar-refractivity contribution < 1.29 is 58.1 Å². The lowest BCUT2D eigenvalue weighted by Crippen LogP contribution is -2.61. The molecule has 3 saturated heterocycles. The number of nitrogens with zero attached hydrogens (tertiary/aromatic N) is 1. The SMILES string of the molecule is CC(C)C[C@@H]1NC(=O)[C@H](CCCN)NC(=O)[C@H](C(C)C)NC(=O)[C@@H]2CCCN2C(=O)[C@H](Cc2ccccc2)NC(=O)[C@H](CC(C)C)NC(=O)[C@H](CCCN)NC(=O)[C@H](C(C)C)NC(=O)C[C@@H]2O[C@H](CNC1=O)[C@@H](O)[C@H]2O. The topological polar surface area (TPSA) is 355 Å². The molecule has 3 aliphatic heterocycles. The number of rotatable bonds is 14. The van der Waals surface area contributed by atoms with Gasteiger partial charge in [-0.1, -0.05) is 85.7 Å². The molecule has 23 nitrogen and oxygen atoms in total. The number of fused-ring (bicyclic) bond motifs is 3. The third kappa shape index (κ3) is 18.5. The van der Waals surface area contributed by atoms with Gasteiger partial charge < -0.3 is 73.9 Å². The fraction of sp³-hybridized carbons (Fsp3) is 0.717. The predicted molar refractivity (Wildman–Crippen MR) is 282 cm³/mol. The van der Waals surface area contributed by atoms with E-state index in [1.54, 1.807) is 58.0 Å². The van der Waals surface area contributed by atoms with Crippen molar-refractivity contribution in [1.82, 2.24) is 47.4 Å². The lowest BCUT2D eigenvalue weighted by Gasteiger charge is -2.32. The average Bonchev–Trinajstić information content (AvgIpc) is 3.96. The van der Waals surface area contributed by atoms with Gasteiger partial charge in [-0.2, -0.15) is 0 Å². The van der Waals surface area contributed by atoms with Gasteiger partial charge >= 0.3 is 0 Å². The van der Waals surface area contributed by atoms with E-state index in [1.165, 1.54) is 4.90 Å². The van der Waals surface area contributed by atoms with Crippen molar-refractivity contribution in [2.45, 2.75) is 192 Å². The molecule has 23 heteroatoms. The smallest absolute Gasteiger partial charge is 0.246 e. The maximum Gasteiger partial charge on any atom is 0.246 e. The van der Waals surface area contributed by atoms with Gasteiger partial charge in [0, 0.05) is 19.5 Å². The van der Waals surface area contributed by atoms with Crippen LogP contribution in [0.4, 0.5) is 0 Å². The highest BCUT2D eigenvalue weighted by Gasteiger charge is 2.45. The zero-order chi connectivity index (χ0) is 56.4. The number of benzene rings is 1. The van der Waals surface area contributed by atoms with Crippen LogP contribution in [0.1, 0.15) is 119 Å². The second kappa shape index (κ2) is 30.3. The van der Waals surface area contributed by atoms with Crippen LogP contribution in [0.15, 0.2) is 30.3 Å². The lowest BCUT2D eigenvalue weighted by molar-refractivity contribution is -0.143. The van der Waals surface area contributed by atoms with Gasteiger partial charge in [-0.25, -0.2) is 0 Å². The van der Waals surface area contributed by atoms with Crippen molar-refractivity contribution in [3.8, 4) is 0 Å². The van der Waals surface area contributed by atoms with Gasteiger partial charge in [0.25, 0.3) is 0 Å². The molecule has 9 amide bonds. The molecular weight excluding hydrogens is 983 g/mol. The van der Waals surface area contributed by atoms with Crippen LogP contribution in [0.3, 0.4) is 0 Å². The minimum absolute atomic E-state index is 0.0199. The Morgan fingerprint density at radius 2 is 1.05 bits per heavy atom. The molecular formula is C53H87N11O12. The van der Waals surface area contributed by atoms with Crippen molar-refractivity contribution in [1.29, 1.82) is 0 Å². The molecule has 0 radical (unpaired) electrons. The van der Waals surface area contributed by atoms with Crippen LogP contribution in [-0.2, 0) is 54.3 Å². The molecule has 4 rings (SSSR count). The van der Waals surface area contributed by atoms with Crippen molar-refractivity contribution in [3.63, 3.8) is 0 Å². The van der Waals surface area contributed by atoms with E-state index in [2.05, 4.69) is 42.5 Å². The number of carbonyl (C=O) groups excluding carboxylic acids is 9.